The third kappa shape index (κ3) is 11.2. The highest BCUT2D eigenvalue weighted by Gasteiger charge is 2.20. The fourth-order valence-corrected chi connectivity index (χ4v) is 0.407. The van der Waals surface area contributed by atoms with E-state index < -0.39 is 5.97 Å². The molecule has 0 spiro atoms. The minimum Gasteiger partial charge on any atom is -0.550 e. The van der Waals surface area contributed by atoms with Crippen molar-refractivity contribution in [2.45, 2.75) is 19.8 Å². The normalized spacial score (nSPS) is 15.8. The van der Waals surface area contributed by atoms with E-state index in [0.29, 0.717) is 0 Å². The van der Waals surface area contributed by atoms with Gasteiger partial charge in [-0.2, -0.15) is 0 Å². The molecule has 0 atom stereocenters. The van der Waals surface area contributed by atoms with Gasteiger partial charge in [0, 0.05) is 11.9 Å². The topological polar surface area (TPSA) is 67.8 Å². The lowest BCUT2D eigenvalue weighted by atomic mass is 10.5. The molecule has 1 aliphatic rings. The number of aliphatic carboxylic acids is 1. The maximum atomic E-state index is 8.89. The van der Waals surface area contributed by atoms with Crippen LogP contribution in [-0.4, -0.2) is 12.5 Å². The molecule has 0 heterocycles. The number of carbonyl (C=O) groups excluding carboxylic acids is 1. The number of hydrogen-bond acceptors (Lipinski definition) is 2. The molecule has 3 nitrogen and oxygen atoms in total. The predicted octanol–water partition coefficient (Wildman–Crippen LogP) is -1.61. The molecule has 0 amide bonds. The number of quaternary nitrogens is 1. The van der Waals surface area contributed by atoms with Gasteiger partial charge in [0.1, 0.15) is 0 Å². The first-order valence-electron chi connectivity index (χ1n) is 3.13. The van der Waals surface area contributed by atoms with Crippen LogP contribution in [0, 0.1) is 5.92 Å². The molecule has 0 aromatic rings. The van der Waals surface area contributed by atoms with E-state index in [0.717, 1.165) is 12.8 Å². The third-order valence-electron chi connectivity index (χ3n) is 1.11. The van der Waals surface area contributed by atoms with E-state index in [1.807, 2.05) is 0 Å². The molecule has 9 heavy (non-hydrogen) atoms. The van der Waals surface area contributed by atoms with Gasteiger partial charge in [0.25, 0.3) is 0 Å². The molecule has 0 aliphatic heterocycles. The first kappa shape index (κ1) is 8.43. The van der Waals surface area contributed by atoms with Crippen LogP contribution in [0.4, 0.5) is 0 Å². The van der Waals surface area contributed by atoms with Crippen molar-refractivity contribution < 1.29 is 15.6 Å². The van der Waals surface area contributed by atoms with Gasteiger partial charge in [-0.15, -0.1) is 0 Å². The molecular formula is C6H13NO2. The van der Waals surface area contributed by atoms with Crippen LogP contribution in [0.2, 0.25) is 0 Å². The second-order valence-corrected chi connectivity index (χ2v) is 2.22. The zero-order chi connectivity index (χ0) is 7.28. The fourth-order valence-electron chi connectivity index (χ4n) is 0.407. The first-order chi connectivity index (χ1) is 4.16. The molecule has 0 aromatic heterocycles. The highest BCUT2D eigenvalue weighted by atomic mass is 16.4. The number of rotatable bonds is 1. The molecule has 1 saturated carbocycles. The van der Waals surface area contributed by atoms with Crippen LogP contribution in [0.15, 0.2) is 0 Å². The summed E-state index contributed by atoms with van der Waals surface area (Å²) in [4.78, 5) is 8.89. The average molecular weight is 131 g/mol. The quantitative estimate of drug-likeness (QED) is 0.465. The van der Waals surface area contributed by atoms with Crippen molar-refractivity contribution >= 4 is 5.97 Å². The molecule has 0 unspecified atom stereocenters. The number of carboxylic acids is 1. The molecule has 3 N–H and O–H groups in total. The molecule has 54 valence electrons. The van der Waals surface area contributed by atoms with Crippen molar-refractivity contribution in [2.24, 2.45) is 5.92 Å². The summed E-state index contributed by atoms with van der Waals surface area (Å²) in [5.74, 6) is -0.0602. The summed E-state index contributed by atoms with van der Waals surface area (Å²) in [7, 11) is 0. The summed E-state index contributed by atoms with van der Waals surface area (Å²) < 4.78 is 0. The average Bonchev–Trinajstić information content (AvgIpc) is 2.43. The Balaban J connectivity index is 0.000000148. The maximum absolute atomic E-state index is 8.89. The van der Waals surface area contributed by atoms with E-state index in [4.69, 9.17) is 9.90 Å². The summed E-state index contributed by atoms with van der Waals surface area (Å²) in [5, 5.41) is 8.89. The van der Waals surface area contributed by atoms with E-state index in [2.05, 4.69) is 5.73 Å². The van der Waals surface area contributed by atoms with E-state index in [9.17, 15) is 0 Å². The van der Waals surface area contributed by atoms with Crippen LogP contribution in [0.5, 0.6) is 0 Å². The Labute approximate surface area is 54.9 Å². The summed E-state index contributed by atoms with van der Waals surface area (Å²) in [6.07, 6.45) is 2.90. The predicted molar refractivity (Wildman–Crippen MR) is 31.2 cm³/mol. The van der Waals surface area contributed by atoms with Gasteiger partial charge in [-0.3, -0.25) is 0 Å². The number of carbonyl (C=O) groups is 1. The van der Waals surface area contributed by atoms with Gasteiger partial charge in [0.15, 0.2) is 0 Å². The third-order valence-corrected chi connectivity index (χ3v) is 1.11. The lowest BCUT2D eigenvalue weighted by Gasteiger charge is -1.77. The monoisotopic (exact) mass is 131 g/mol. The van der Waals surface area contributed by atoms with Crippen LogP contribution in [0.25, 0.3) is 0 Å². The standard InChI is InChI=1S/C4H9N.C2H4O2/c5-3-4-1-2-4;1-2(3)4/h4H,1-3,5H2;1H3,(H,3,4). The molecule has 0 bridgehead atoms. The molecule has 0 aromatic carbocycles. The first-order valence-corrected chi connectivity index (χ1v) is 3.13. The Hall–Kier alpha value is -0.570. The minimum absolute atomic E-state index is 0.972. The summed E-state index contributed by atoms with van der Waals surface area (Å²) >= 11 is 0. The van der Waals surface area contributed by atoms with Gasteiger partial charge in [-0.05, 0) is 19.8 Å². The van der Waals surface area contributed by atoms with Gasteiger partial charge in [-0.1, -0.05) is 0 Å². The second kappa shape index (κ2) is 4.32. The second-order valence-electron chi connectivity index (χ2n) is 2.22. The Morgan fingerprint density at radius 2 is 2.11 bits per heavy atom. The van der Waals surface area contributed by atoms with Crippen LogP contribution < -0.4 is 10.8 Å². The van der Waals surface area contributed by atoms with E-state index in [1.54, 1.807) is 0 Å². The lowest BCUT2D eigenvalue weighted by Crippen LogP contribution is -2.51. The molecule has 1 rings (SSSR count). The molecule has 0 radical (unpaired) electrons. The Morgan fingerprint density at radius 3 is 2.11 bits per heavy atom. The summed E-state index contributed by atoms with van der Waals surface area (Å²) in [6, 6.07) is 0. The van der Waals surface area contributed by atoms with Gasteiger partial charge in [-0.25, -0.2) is 0 Å². The van der Waals surface area contributed by atoms with Crippen LogP contribution in [0.3, 0.4) is 0 Å². The summed E-state index contributed by atoms with van der Waals surface area (Å²) in [6.45, 7) is 2.14. The van der Waals surface area contributed by atoms with Crippen LogP contribution >= 0.6 is 0 Å². The fraction of sp³-hybridized carbons (Fsp3) is 0.833. The molecular weight excluding hydrogens is 118 g/mol. The Kier molecular flexibility index (Phi) is 4.05. The minimum atomic E-state index is -1.08. The van der Waals surface area contributed by atoms with E-state index in [-0.39, 0.29) is 0 Å². The van der Waals surface area contributed by atoms with Crippen molar-refractivity contribution in [3.05, 3.63) is 0 Å². The Morgan fingerprint density at radius 1 is 1.78 bits per heavy atom. The van der Waals surface area contributed by atoms with Gasteiger partial charge in [0.2, 0.25) is 0 Å². The van der Waals surface area contributed by atoms with Crippen molar-refractivity contribution in [3.63, 3.8) is 0 Å². The van der Waals surface area contributed by atoms with Crippen molar-refractivity contribution in [3.8, 4) is 0 Å². The number of carboxylic acid groups (broad SMARTS) is 1. The van der Waals surface area contributed by atoms with Gasteiger partial charge < -0.3 is 15.6 Å². The van der Waals surface area contributed by atoms with Crippen molar-refractivity contribution in [1.29, 1.82) is 0 Å². The zero-order valence-corrected chi connectivity index (χ0v) is 5.72. The summed E-state index contributed by atoms with van der Waals surface area (Å²) in [5.41, 5.74) is 3.75. The van der Waals surface area contributed by atoms with Gasteiger partial charge in [0.05, 0.1) is 6.54 Å². The van der Waals surface area contributed by atoms with Crippen molar-refractivity contribution in [1.82, 2.24) is 0 Å². The van der Waals surface area contributed by atoms with E-state index in [1.165, 1.54) is 19.4 Å². The molecule has 1 fully saturated rings. The lowest BCUT2D eigenvalue weighted by molar-refractivity contribution is -0.372. The van der Waals surface area contributed by atoms with Crippen molar-refractivity contribution in [2.75, 3.05) is 6.54 Å². The van der Waals surface area contributed by atoms with Gasteiger partial charge >= 0.3 is 0 Å². The molecule has 1 aliphatic carbocycles. The highest BCUT2D eigenvalue weighted by molar-refractivity contribution is 5.60. The number of hydrogen-bond donors (Lipinski definition) is 1. The highest BCUT2D eigenvalue weighted by Crippen LogP contribution is 2.25. The zero-order valence-electron chi connectivity index (χ0n) is 5.72. The van der Waals surface area contributed by atoms with E-state index >= 15 is 0 Å². The van der Waals surface area contributed by atoms with Crippen LogP contribution in [-0.2, 0) is 4.79 Å². The Bertz CT molecular complexity index is 85.1. The smallest absolute Gasteiger partial charge is 0.0768 e. The molecule has 0 saturated heterocycles. The SMILES string of the molecule is CC(=O)[O-].[NH3+]CC1CC1. The maximum Gasteiger partial charge on any atom is 0.0768 e. The molecule has 3 heteroatoms. The van der Waals surface area contributed by atoms with Crippen LogP contribution in [0.1, 0.15) is 19.8 Å². The largest absolute Gasteiger partial charge is 0.550 e.